The molecule has 128 valence electrons. The summed E-state index contributed by atoms with van der Waals surface area (Å²) in [6.45, 7) is 0.0527. The highest BCUT2D eigenvalue weighted by molar-refractivity contribution is 5.91. The van der Waals surface area contributed by atoms with E-state index in [1.165, 1.54) is 6.07 Å². The first-order valence-corrected chi connectivity index (χ1v) is 7.80. The monoisotopic (exact) mass is 343 g/mol. The van der Waals surface area contributed by atoms with Gasteiger partial charge in [-0.3, -0.25) is 4.79 Å². The first-order valence-electron chi connectivity index (χ1n) is 7.80. The van der Waals surface area contributed by atoms with E-state index < -0.39 is 17.5 Å². The average Bonchev–Trinajstić information content (AvgIpc) is 3.13. The van der Waals surface area contributed by atoms with Crippen molar-refractivity contribution < 1.29 is 23.3 Å². The first kappa shape index (κ1) is 16.9. The summed E-state index contributed by atoms with van der Waals surface area (Å²) in [4.78, 5) is 12.1. The van der Waals surface area contributed by atoms with E-state index in [-0.39, 0.29) is 18.3 Å². The topological polar surface area (TPSA) is 58.9 Å². The van der Waals surface area contributed by atoms with Crippen LogP contribution in [-0.4, -0.2) is 12.5 Å². The number of nitrogens with one attached hydrogen (secondary N) is 1. The molecule has 0 radical (unpaired) electrons. The van der Waals surface area contributed by atoms with E-state index in [4.69, 9.17) is 4.42 Å². The maximum absolute atomic E-state index is 13.6. The molecule has 0 unspecified atom stereocenters. The number of nitrogens with two attached hydrogens (primary N) is 1. The second kappa shape index (κ2) is 7.72. The summed E-state index contributed by atoms with van der Waals surface area (Å²) in [6.07, 6.45) is 1.58. The van der Waals surface area contributed by atoms with Crippen molar-refractivity contribution >= 4 is 11.6 Å². The minimum absolute atomic E-state index is 0.0472. The summed E-state index contributed by atoms with van der Waals surface area (Å²) < 4.78 is 32.0. The third kappa shape index (κ3) is 4.30. The Bertz CT molecular complexity index is 836. The lowest BCUT2D eigenvalue weighted by atomic mass is 10.0. The normalized spacial score (nSPS) is 11.9. The van der Waals surface area contributed by atoms with Crippen molar-refractivity contribution in [2.75, 3.05) is 11.9 Å². The number of carbonyl (C=O) groups is 1. The Labute approximate surface area is 143 Å². The zero-order valence-electron chi connectivity index (χ0n) is 13.3. The second-order valence-electron chi connectivity index (χ2n) is 5.52. The molecular weight excluding hydrogens is 326 g/mol. The number of quaternary nitrogens is 1. The molecule has 1 aromatic heterocycles. The number of hydrogen-bond donors (Lipinski definition) is 2. The van der Waals surface area contributed by atoms with Crippen molar-refractivity contribution in [2.24, 2.45) is 0 Å². The highest BCUT2D eigenvalue weighted by Crippen LogP contribution is 2.18. The van der Waals surface area contributed by atoms with E-state index in [0.717, 1.165) is 17.7 Å². The van der Waals surface area contributed by atoms with Crippen LogP contribution in [0.1, 0.15) is 17.4 Å². The SMILES string of the molecule is O=C(C[NH2+][C@@H](c1ccccc1)c1ccco1)Nc1ccc(F)cc1F. The predicted molar refractivity (Wildman–Crippen MR) is 88.8 cm³/mol. The van der Waals surface area contributed by atoms with Crippen molar-refractivity contribution in [1.82, 2.24) is 0 Å². The lowest BCUT2D eigenvalue weighted by Gasteiger charge is -2.14. The molecule has 1 heterocycles. The molecule has 0 spiro atoms. The van der Waals surface area contributed by atoms with Crippen LogP contribution in [0, 0.1) is 11.6 Å². The molecule has 0 saturated carbocycles. The lowest BCUT2D eigenvalue weighted by molar-refractivity contribution is -0.678. The van der Waals surface area contributed by atoms with Gasteiger partial charge < -0.3 is 15.1 Å². The number of amides is 1. The Balaban J connectivity index is 1.68. The summed E-state index contributed by atoms with van der Waals surface area (Å²) >= 11 is 0. The van der Waals surface area contributed by atoms with Crippen LogP contribution in [-0.2, 0) is 4.79 Å². The number of hydrogen-bond acceptors (Lipinski definition) is 2. The molecule has 6 heteroatoms. The van der Waals surface area contributed by atoms with Crippen LogP contribution in [0.5, 0.6) is 0 Å². The Morgan fingerprint density at radius 1 is 1.08 bits per heavy atom. The summed E-state index contributed by atoms with van der Waals surface area (Å²) in [5.74, 6) is -1.17. The number of halogens is 2. The fourth-order valence-corrected chi connectivity index (χ4v) is 2.56. The Hall–Kier alpha value is -2.99. The largest absolute Gasteiger partial charge is 0.463 e. The van der Waals surface area contributed by atoms with E-state index in [1.807, 2.05) is 36.4 Å². The zero-order valence-corrected chi connectivity index (χ0v) is 13.3. The molecule has 3 N–H and O–H groups in total. The van der Waals surface area contributed by atoms with Crippen LogP contribution < -0.4 is 10.6 Å². The van der Waals surface area contributed by atoms with Crippen LogP contribution >= 0.6 is 0 Å². The van der Waals surface area contributed by atoms with E-state index in [0.29, 0.717) is 5.76 Å². The van der Waals surface area contributed by atoms with Gasteiger partial charge >= 0.3 is 0 Å². The van der Waals surface area contributed by atoms with Gasteiger partial charge in [0.15, 0.2) is 18.3 Å². The maximum atomic E-state index is 13.6. The highest BCUT2D eigenvalue weighted by Gasteiger charge is 2.21. The molecule has 3 rings (SSSR count). The molecule has 3 aromatic rings. The van der Waals surface area contributed by atoms with E-state index >= 15 is 0 Å². The molecule has 0 bridgehead atoms. The number of furan rings is 1. The van der Waals surface area contributed by atoms with Crippen molar-refractivity contribution in [1.29, 1.82) is 0 Å². The van der Waals surface area contributed by atoms with Crippen LogP contribution in [0.15, 0.2) is 71.3 Å². The van der Waals surface area contributed by atoms with Gasteiger partial charge in [0.05, 0.1) is 12.0 Å². The number of rotatable bonds is 6. The minimum atomic E-state index is -0.806. The van der Waals surface area contributed by atoms with Crippen molar-refractivity contribution in [3.05, 3.63) is 89.9 Å². The third-order valence-corrected chi connectivity index (χ3v) is 3.75. The Morgan fingerprint density at radius 3 is 2.56 bits per heavy atom. The highest BCUT2D eigenvalue weighted by atomic mass is 19.1. The van der Waals surface area contributed by atoms with E-state index in [9.17, 15) is 13.6 Å². The van der Waals surface area contributed by atoms with Crippen molar-refractivity contribution in [2.45, 2.75) is 6.04 Å². The predicted octanol–water partition coefficient (Wildman–Crippen LogP) is 2.85. The lowest BCUT2D eigenvalue weighted by Crippen LogP contribution is -2.87. The Kier molecular flexibility index (Phi) is 5.20. The molecule has 1 amide bonds. The zero-order chi connectivity index (χ0) is 17.6. The molecule has 25 heavy (non-hydrogen) atoms. The van der Waals surface area contributed by atoms with Gasteiger partial charge in [0.2, 0.25) is 0 Å². The van der Waals surface area contributed by atoms with Crippen LogP contribution in [0.2, 0.25) is 0 Å². The van der Waals surface area contributed by atoms with Crippen LogP contribution in [0.4, 0.5) is 14.5 Å². The number of benzene rings is 2. The van der Waals surface area contributed by atoms with Crippen LogP contribution in [0.25, 0.3) is 0 Å². The number of carbonyl (C=O) groups excluding carboxylic acids is 1. The van der Waals surface area contributed by atoms with Gasteiger partial charge in [0.1, 0.15) is 11.6 Å². The van der Waals surface area contributed by atoms with Gasteiger partial charge in [-0.1, -0.05) is 30.3 Å². The molecule has 0 fully saturated rings. The van der Waals surface area contributed by atoms with Crippen LogP contribution in [0.3, 0.4) is 0 Å². The number of anilines is 1. The maximum Gasteiger partial charge on any atom is 0.279 e. The minimum Gasteiger partial charge on any atom is -0.463 e. The molecule has 0 aliphatic heterocycles. The van der Waals surface area contributed by atoms with E-state index in [2.05, 4.69) is 5.32 Å². The second-order valence-corrected chi connectivity index (χ2v) is 5.52. The molecule has 0 aliphatic rings. The van der Waals surface area contributed by atoms with Gasteiger partial charge in [-0.25, -0.2) is 8.78 Å². The molecule has 1 atom stereocenters. The molecule has 0 aliphatic carbocycles. The quantitative estimate of drug-likeness (QED) is 0.723. The van der Waals surface area contributed by atoms with Crippen molar-refractivity contribution in [3.8, 4) is 0 Å². The molecular formula is C19H17F2N2O2+. The summed E-state index contributed by atoms with van der Waals surface area (Å²) in [5, 5.41) is 4.24. The van der Waals surface area contributed by atoms with Gasteiger partial charge in [-0.15, -0.1) is 0 Å². The fourth-order valence-electron chi connectivity index (χ4n) is 2.56. The van der Waals surface area contributed by atoms with E-state index in [1.54, 1.807) is 17.6 Å². The average molecular weight is 343 g/mol. The van der Waals surface area contributed by atoms with Gasteiger partial charge in [0, 0.05) is 11.6 Å². The summed E-state index contributed by atoms with van der Waals surface area (Å²) in [6, 6.07) is 16.1. The van der Waals surface area contributed by atoms with Gasteiger partial charge in [0.25, 0.3) is 5.91 Å². The molecule has 2 aromatic carbocycles. The van der Waals surface area contributed by atoms with Crippen molar-refractivity contribution in [3.63, 3.8) is 0 Å². The first-order chi connectivity index (χ1) is 12.1. The molecule has 0 saturated heterocycles. The van der Waals surface area contributed by atoms with Gasteiger partial charge in [-0.05, 0) is 24.3 Å². The van der Waals surface area contributed by atoms with Gasteiger partial charge in [-0.2, -0.15) is 0 Å². The summed E-state index contributed by atoms with van der Waals surface area (Å²) in [5.41, 5.74) is 0.937. The standard InChI is InChI=1S/C19H16F2N2O2/c20-14-8-9-16(15(21)11-14)23-18(24)12-22-19(17-7-4-10-25-17)13-5-2-1-3-6-13/h1-11,19,22H,12H2,(H,23,24)/p+1/t19-/m0/s1. The summed E-state index contributed by atoms with van der Waals surface area (Å²) in [7, 11) is 0. The molecule has 4 nitrogen and oxygen atoms in total. The Morgan fingerprint density at radius 2 is 1.88 bits per heavy atom. The third-order valence-electron chi connectivity index (χ3n) is 3.75. The fraction of sp³-hybridized carbons (Fsp3) is 0.105. The smallest absolute Gasteiger partial charge is 0.279 e.